The van der Waals surface area contributed by atoms with Crippen LogP contribution in [-0.2, 0) is 22.5 Å². The largest absolute Gasteiger partial charge is 0.385 e. The second-order valence-corrected chi connectivity index (χ2v) is 5.27. The van der Waals surface area contributed by atoms with Crippen LogP contribution in [0.25, 0.3) is 0 Å². The summed E-state index contributed by atoms with van der Waals surface area (Å²) in [6, 6.07) is 4.26. The fraction of sp³-hybridized carbons (Fsp3) is 0.615. The van der Waals surface area contributed by atoms with Gasteiger partial charge < -0.3 is 15.4 Å². The van der Waals surface area contributed by atoms with Gasteiger partial charge in [0, 0.05) is 36.6 Å². The number of nitrogens with one attached hydrogen (secondary N) is 2. The highest BCUT2D eigenvalue weighted by Crippen LogP contribution is 2.16. The van der Waals surface area contributed by atoms with Crippen LogP contribution in [0.15, 0.2) is 12.1 Å². The molecule has 0 fully saturated rings. The van der Waals surface area contributed by atoms with E-state index in [1.54, 1.807) is 18.4 Å². The summed E-state index contributed by atoms with van der Waals surface area (Å²) in [7, 11) is 1.66. The van der Waals surface area contributed by atoms with E-state index in [4.69, 9.17) is 4.74 Å². The van der Waals surface area contributed by atoms with Gasteiger partial charge in [0.05, 0.1) is 6.54 Å². The molecule has 102 valence electrons. The summed E-state index contributed by atoms with van der Waals surface area (Å²) in [5.41, 5.74) is 0. The van der Waals surface area contributed by atoms with Gasteiger partial charge in [0.2, 0.25) is 5.91 Å². The van der Waals surface area contributed by atoms with E-state index in [1.165, 1.54) is 9.75 Å². The van der Waals surface area contributed by atoms with Crippen molar-refractivity contribution in [1.29, 1.82) is 0 Å². The summed E-state index contributed by atoms with van der Waals surface area (Å²) in [6.45, 7) is 4.63. The SMILES string of the molecule is CCc1ccc(CNCC(=O)NCCCOC)s1. The van der Waals surface area contributed by atoms with Crippen molar-refractivity contribution in [1.82, 2.24) is 10.6 Å². The van der Waals surface area contributed by atoms with Crippen molar-refractivity contribution in [2.45, 2.75) is 26.3 Å². The highest BCUT2D eigenvalue weighted by molar-refractivity contribution is 7.11. The molecule has 0 saturated heterocycles. The van der Waals surface area contributed by atoms with E-state index in [9.17, 15) is 4.79 Å². The Kier molecular flexibility index (Phi) is 7.64. The third-order valence-corrected chi connectivity index (χ3v) is 3.73. The van der Waals surface area contributed by atoms with E-state index in [0.29, 0.717) is 19.7 Å². The lowest BCUT2D eigenvalue weighted by Gasteiger charge is -2.05. The average Bonchev–Trinajstić information content (AvgIpc) is 2.83. The fourth-order valence-electron chi connectivity index (χ4n) is 1.51. The van der Waals surface area contributed by atoms with Crippen LogP contribution in [0.5, 0.6) is 0 Å². The molecule has 1 aromatic rings. The molecule has 4 nitrogen and oxygen atoms in total. The van der Waals surface area contributed by atoms with E-state index in [2.05, 4.69) is 29.7 Å². The van der Waals surface area contributed by atoms with Crippen LogP contribution in [-0.4, -0.2) is 32.7 Å². The van der Waals surface area contributed by atoms with E-state index in [1.807, 2.05) is 0 Å². The fourth-order valence-corrected chi connectivity index (χ4v) is 2.44. The number of aryl methyl sites for hydroxylation is 1. The second-order valence-electron chi connectivity index (χ2n) is 4.02. The Morgan fingerprint density at radius 3 is 2.83 bits per heavy atom. The highest BCUT2D eigenvalue weighted by Gasteiger charge is 2.01. The van der Waals surface area contributed by atoms with Crippen LogP contribution in [0, 0.1) is 0 Å². The maximum absolute atomic E-state index is 11.4. The van der Waals surface area contributed by atoms with Gasteiger partial charge in [-0.2, -0.15) is 0 Å². The number of hydrogen-bond acceptors (Lipinski definition) is 4. The van der Waals surface area contributed by atoms with E-state index in [-0.39, 0.29) is 5.91 Å². The van der Waals surface area contributed by atoms with Crippen molar-refractivity contribution < 1.29 is 9.53 Å². The number of amides is 1. The first-order valence-electron chi connectivity index (χ1n) is 6.30. The first-order chi connectivity index (χ1) is 8.76. The van der Waals surface area contributed by atoms with Gasteiger partial charge in [-0.1, -0.05) is 6.92 Å². The van der Waals surface area contributed by atoms with Gasteiger partial charge in [-0.3, -0.25) is 4.79 Å². The zero-order chi connectivity index (χ0) is 13.2. The minimum absolute atomic E-state index is 0.0402. The second kappa shape index (κ2) is 9.08. The predicted octanol–water partition coefficient (Wildman–Crippen LogP) is 1.55. The number of ether oxygens (including phenoxy) is 1. The molecule has 1 amide bonds. The quantitative estimate of drug-likeness (QED) is 0.669. The number of methoxy groups -OCH3 is 1. The van der Waals surface area contributed by atoms with E-state index in [0.717, 1.165) is 19.4 Å². The maximum atomic E-state index is 11.4. The Hall–Kier alpha value is -0.910. The minimum atomic E-state index is 0.0402. The molecule has 0 radical (unpaired) electrons. The van der Waals surface area contributed by atoms with Crippen molar-refractivity contribution in [3.05, 3.63) is 21.9 Å². The molecule has 5 heteroatoms. The van der Waals surface area contributed by atoms with Gasteiger partial charge in [0.25, 0.3) is 0 Å². The van der Waals surface area contributed by atoms with Crippen LogP contribution in [0.4, 0.5) is 0 Å². The minimum Gasteiger partial charge on any atom is -0.385 e. The first kappa shape index (κ1) is 15.1. The molecule has 0 aliphatic carbocycles. The lowest BCUT2D eigenvalue weighted by molar-refractivity contribution is -0.120. The van der Waals surface area contributed by atoms with Crippen molar-refractivity contribution in [3.63, 3.8) is 0 Å². The summed E-state index contributed by atoms with van der Waals surface area (Å²) >= 11 is 1.80. The van der Waals surface area contributed by atoms with Gasteiger partial charge in [0.15, 0.2) is 0 Å². The van der Waals surface area contributed by atoms with Crippen molar-refractivity contribution in [3.8, 4) is 0 Å². The standard InChI is InChI=1S/C13H22N2O2S/c1-3-11-5-6-12(18-11)9-14-10-13(16)15-7-4-8-17-2/h5-6,14H,3-4,7-10H2,1-2H3,(H,15,16). The molecule has 0 bridgehead atoms. The molecule has 0 aliphatic heterocycles. The van der Waals surface area contributed by atoms with Gasteiger partial charge in [-0.25, -0.2) is 0 Å². The molecule has 2 N–H and O–H groups in total. The summed E-state index contributed by atoms with van der Waals surface area (Å²) < 4.78 is 4.91. The number of rotatable bonds is 9. The molecule has 0 aliphatic rings. The zero-order valence-corrected chi connectivity index (χ0v) is 11.9. The van der Waals surface area contributed by atoms with Crippen LogP contribution in [0.2, 0.25) is 0 Å². The summed E-state index contributed by atoms with van der Waals surface area (Å²) in [6.07, 6.45) is 1.93. The Morgan fingerprint density at radius 1 is 1.39 bits per heavy atom. The van der Waals surface area contributed by atoms with Crippen LogP contribution in [0.1, 0.15) is 23.1 Å². The molecule has 0 spiro atoms. The molecule has 0 unspecified atom stereocenters. The summed E-state index contributed by atoms with van der Waals surface area (Å²) in [5, 5.41) is 5.99. The number of hydrogen-bond donors (Lipinski definition) is 2. The third-order valence-electron chi connectivity index (χ3n) is 2.50. The lowest BCUT2D eigenvalue weighted by atomic mass is 10.3. The Balaban J connectivity index is 2.07. The third kappa shape index (κ3) is 6.14. The molecular weight excluding hydrogens is 248 g/mol. The van der Waals surface area contributed by atoms with Crippen LogP contribution < -0.4 is 10.6 Å². The molecule has 1 heterocycles. The number of thiophene rings is 1. The molecule has 0 atom stereocenters. The number of carbonyl (C=O) groups excluding carboxylic acids is 1. The monoisotopic (exact) mass is 270 g/mol. The zero-order valence-electron chi connectivity index (χ0n) is 11.1. The van der Waals surface area contributed by atoms with Crippen LogP contribution in [0.3, 0.4) is 0 Å². The molecule has 1 aromatic heterocycles. The normalized spacial score (nSPS) is 10.6. The van der Waals surface area contributed by atoms with Crippen molar-refractivity contribution in [2.75, 3.05) is 26.8 Å². The van der Waals surface area contributed by atoms with Crippen molar-refractivity contribution in [2.24, 2.45) is 0 Å². The summed E-state index contributed by atoms with van der Waals surface area (Å²) in [4.78, 5) is 14.1. The average molecular weight is 270 g/mol. The van der Waals surface area contributed by atoms with Crippen LogP contribution >= 0.6 is 11.3 Å². The van der Waals surface area contributed by atoms with Crippen molar-refractivity contribution >= 4 is 17.2 Å². The molecule has 1 rings (SSSR count). The molecule has 0 saturated carbocycles. The topological polar surface area (TPSA) is 50.4 Å². The Morgan fingerprint density at radius 2 is 2.17 bits per heavy atom. The van der Waals surface area contributed by atoms with E-state index < -0.39 is 0 Å². The molecule has 18 heavy (non-hydrogen) atoms. The van der Waals surface area contributed by atoms with Gasteiger partial charge in [0.1, 0.15) is 0 Å². The lowest BCUT2D eigenvalue weighted by Crippen LogP contribution is -2.34. The summed E-state index contributed by atoms with van der Waals surface area (Å²) in [5.74, 6) is 0.0402. The molecular formula is C13H22N2O2S. The predicted molar refractivity (Wildman–Crippen MR) is 74.9 cm³/mol. The van der Waals surface area contributed by atoms with E-state index >= 15 is 0 Å². The maximum Gasteiger partial charge on any atom is 0.233 e. The highest BCUT2D eigenvalue weighted by atomic mass is 32.1. The first-order valence-corrected chi connectivity index (χ1v) is 7.11. The smallest absolute Gasteiger partial charge is 0.233 e. The Bertz CT molecular complexity index is 353. The number of carbonyl (C=O) groups is 1. The molecule has 0 aromatic carbocycles. The van der Waals surface area contributed by atoms with Gasteiger partial charge in [-0.15, -0.1) is 11.3 Å². The Labute approximate surface area is 113 Å². The van der Waals surface area contributed by atoms with Gasteiger partial charge in [-0.05, 0) is 25.0 Å². The van der Waals surface area contributed by atoms with Gasteiger partial charge >= 0.3 is 0 Å².